The number of rotatable bonds is 12. The first-order chi connectivity index (χ1) is 27.4. The SMILES string of the molecule is COC(=O)N[C@@H](CC(C)C)C(=O)N1CCC[C@H]1c1ncc(C23CCC(c4ccc(-c5cnc([C@@H]6CCCN6C(=O)[C@@H](NC(=O)OC)C(C)C)[nH]5)cc4)(CC2)CC3)[nH]1. The second-order valence-corrected chi connectivity index (χ2v) is 17.6. The third-order valence-electron chi connectivity index (χ3n) is 13.4. The van der Waals surface area contributed by atoms with Crippen LogP contribution in [-0.2, 0) is 29.9 Å². The van der Waals surface area contributed by atoms with Crippen molar-refractivity contribution in [1.29, 1.82) is 0 Å². The number of fused-ring (bicyclic) bond motifs is 3. The minimum atomic E-state index is -0.673. The summed E-state index contributed by atoms with van der Waals surface area (Å²) in [7, 11) is 2.62. The molecule has 4 heterocycles. The van der Waals surface area contributed by atoms with E-state index in [1.807, 2.05) is 49.9 Å². The van der Waals surface area contributed by atoms with Gasteiger partial charge in [0.05, 0.1) is 38.2 Å². The van der Waals surface area contributed by atoms with Crippen molar-refractivity contribution in [3.05, 3.63) is 59.6 Å². The molecule has 1 aromatic carbocycles. The highest BCUT2D eigenvalue weighted by Crippen LogP contribution is 2.58. The van der Waals surface area contributed by atoms with Gasteiger partial charge in [-0.25, -0.2) is 19.6 Å². The third kappa shape index (κ3) is 8.01. The molecular formula is C43H60N8O6. The average Bonchev–Trinajstić information content (AvgIpc) is 4.06. The summed E-state index contributed by atoms with van der Waals surface area (Å²) in [6.45, 7) is 9.17. The second-order valence-electron chi connectivity index (χ2n) is 17.6. The van der Waals surface area contributed by atoms with Crippen LogP contribution in [-0.4, -0.2) is 93.1 Å². The molecule has 3 aliphatic carbocycles. The number of carbonyl (C=O) groups is 4. The Bertz CT molecular complexity index is 1890. The van der Waals surface area contributed by atoms with Gasteiger partial charge in [0.15, 0.2) is 0 Å². The minimum absolute atomic E-state index is 0.0549. The number of H-pyrrole nitrogens is 2. The van der Waals surface area contributed by atoms with Crippen LogP contribution in [0.25, 0.3) is 11.3 Å². The lowest BCUT2D eigenvalue weighted by Gasteiger charge is -2.53. The van der Waals surface area contributed by atoms with Crippen LogP contribution in [0.5, 0.6) is 0 Å². The van der Waals surface area contributed by atoms with E-state index < -0.39 is 24.3 Å². The Labute approximate surface area is 335 Å². The van der Waals surface area contributed by atoms with E-state index in [0.717, 1.165) is 87.1 Å². The predicted octanol–water partition coefficient (Wildman–Crippen LogP) is 6.82. The second kappa shape index (κ2) is 16.5. The quantitative estimate of drug-likeness (QED) is 0.155. The molecular weight excluding hydrogens is 725 g/mol. The normalized spacial score (nSPS) is 25.5. The number of alkyl carbamates (subject to hydrolysis) is 2. The largest absolute Gasteiger partial charge is 0.453 e. The zero-order chi connectivity index (χ0) is 40.5. The van der Waals surface area contributed by atoms with E-state index in [9.17, 15) is 19.2 Å². The number of carbonyl (C=O) groups excluding carboxylic acids is 4. The van der Waals surface area contributed by atoms with Crippen LogP contribution in [0.2, 0.25) is 0 Å². The number of imidazole rings is 2. The van der Waals surface area contributed by atoms with Crippen molar-refractivity contribution in [2.45, 2.75) is 133 Å². The first-order valence-electron chi connectivity index (χ1n) is 20.9. The molecule has 8 rings (SSSR count). The number of ether oxygens (including phenoxy) is 2. The molecule has 14 nitrogen and oxygen atoms in total. The first-order valence-corrected chi connectivity index (χ1v) is 20.9. The van der Waals surface area contributed by atoms with Crippen LogP contribution in [0.1, 0.15) is 133 Å². The number of likely N-dealkylation sites (tertiary alicyclic amines) is 2. The highest BCUT2D eigenvalue weighted by Gasteiger charge is 2.51. The maximum absolute atomic E-state index is 13.8. The van der Waals surface area contributed by atoms with Crippen molar-refractivity contribution in [2.75, 3.05) is 27.3 Å². The summed E-state index contributed by atoms with van der Waals surface area (Å²) in [5, 5.41) is 5.48. The molecule has 2 aromatic heterocycles. The molecule has 2 aliphatic heterocycles. The summed E-state index contributed by atoms with van der Waals surface area (Å²) in [4.78, 5) is 72.0. The van der Waals surface area contributed by atoms with Gasteiger partial charge >= 0.3 is 12.2 Å². The smallest absolute Gasteiger partial charge is 0.407 e. The summed E-state index contributed by atoms with van der Waals surface area (Å²) >= 11 is 0. The van der Waals surface area contributed by atoms with Crippen LogP contribution in [0.4, 0.5) is 9.59 Å². The van der Waals surface area contributed by atoms with E-state index in [-0.39, 0.29) is 46.6 Å². The molecule has 2 bridgehead atoms. The van der Waals surface area contributed by atoms with Crippen molar-refractivity contribution < 1.29 is 28.7 Å². The maximum atomic E-state index is 13.8. The van der Waals surface area contributed by atoms with Crippen molar-refractivity contribution >= 4 is 24.0 Å². The highest BCUT2D eigenvalue weighted by atomic mass is 16.5. The number of benzene rings is 1. The van der Waals surface area contributed by atoms with E-state index in [2.05, 4.69) is 44.9 Å². The lowest BCUT2D eigenvalue weighted by Crippen LogP contribution is -2.51. The van der Waals surface area contributed by atoms with Crippen LogP contribution in [0.15, 0.2) is 36.7 Å². The molecule has 4 amide bonds. The minimum Gasteiger partial charge on any atom is -0.453 e. The molecule has 5 aliphatic rings. The summed E-state index contributed by atoms with van der Waals surface area (Å²) in [6.07, 6.45) is 13.2. The van der Waals surface area contributed by atoms with Gasteiger partial charge in [-0.3, -0.25) is 9.59 Å². The monoisotopic (exact) mass is 784 g/mol. The topological polar surface area (TPSA) is 175 Å². The standard InChI is InChI=1S/C43H60N8O6/c1-26(2)23-30(47-40(54)56-5)38(52)50-21-7-10-33(50)37-45-25-34(48-37)43-18-15-42(16-19-43,17-20-43)29-13-11-28(12-14-29)31-24-44-36(46-31)32-9-8-22-51(32)39(53)35(27(3)4)49-41(55)57-6/h11-14,24-27,30,32-33,35H,7-10,15-23H2,1-6H3,(H,44,46)(H,45,48)(H,47,54)(H,49,55)/t30-,32-,33-,35-,42?,43?/m0/s1. The van der Waals surface area contributed by atoms with E-state index >= 15 is 0 Å². The van der Waals surface area contributed by atoms with Gasteiger partial charge in [0, 0.05) is 30.4 Å². The average molecular weight is 785 g/mol. The number of hydrogen-bond acceptors (Lipinski definition) is 8. The molecule has 2 saturated heterocycles. The van der Waals surface area contributed by atoms with Gasteiger partial charge in [-0.2, -0.15) is 0 Å². The predicted molar refractivity (Wildman–Crippen MR) is 214 cm³/mol. The number of nitrogens with zero attached hydrogens (tertiary/aromatic N) is 4. The Morgan fingerprint density at radius 1 is 0.754 bits per heavy atom. The Balaban J connectivity index is 0.992. The van der Waals surface area contributed by atoms with E-state index in [1.165, 1.54) is 25.5 Å². The van der Waals surface area contributed by atoms with Gasteiger partial charge in [0.25, 0.3) is 0 Å². The number of nitrogens with one attached hydrogen (secondary N) is 4. The Morgan fingerprint density at radius 3 is 1.88 bits per heavy atom. The van der Waals surface area contributed by atoms with E-state index in [0.29, 0.717) is 19.5 Å². The maximum Gasteiger partial charge on any atom is 0.407 e. The number of hydrogen-bond donors (Lipinski definition) is 4. The van der Waals surface area contributed by atoms with Crippen LogP contribution < -0.4 is 10.6 Å². The molecule has 0 spiro atoms. The van der Waals surface area contributed by atoms with Gasteiger partial charge in [0.2, 0.25) is 11.8 Å². The van der Waals surface area contributed by atoms with Gasteiger partial charge in [0.1, 0.15) is 23.7 Å². The van der Waals surface area contributed by atoms with Crippen molar-refractivity contribution in [3.63, 3.8) is 0 Å². The lowest BCUT2D eigenvalue weighted by molar-refractivity contribution is -0.136. The molecule has 57 heavy (non-hydrogen) atoms. The Morgan fingerprint density at radius 2 is 1.30 bits per heavy atom. The van der Waals surface area contributed by atoms with Gasteiger partial charge < -0.3 is 39.9 Å². The zero-order valence-corrected chi connectivity index (χ0v) is 34.4. The fourth-order valence-corrected chi connectivity index (χ4v) is 10.1. The third-order valence-corrected chi connectivity index (χ3v) is 13.4. The van der Waals surface area contributed by atoms with Crippen LogP contribution in [0, 0.1) is 11.8 Å². The molecule has 0 radical (unpaired) electrons. The fraction of sp³-hybridized carbons (Fsp3) is 0.628. The molecule has 5 fully saturated rings. The Kier molecular flexibility index (Phi) is 11.7. The summed E-state index contributed by atoms with van der Waals surface area (Å²) in [5.74, 6) is 1.54. The number of amides is 4. The molecule has 14 heteroatoms. The van der Waals surface area contributed by atoms with Crippen molar-refractivity contribution in [3.8, 4) is 11.3 Å². The summed E-state index contributed by atoms with van der Waals surface area (Å²) in [6, 6.07) is 7.31. The fourth-order valence-electron chi connectivity index (χ4n) is 10.1. The van der Waals surface area contributed by atoms with E-state index in [1.54, 1.807) is 0 Å². The van der Waals surface area contributed by atoms with Gasteiger partial charge in [-0.05, 0) is 99.0 Å². The molecule has 4 N–H and O–H groups in total. The van der Waals surface area contributed by atoms with Gasteiger partial charge in [-0.15, -0.1) is 0 Å². The molecule has 3 aromatic rings. The van der Waals surface area contributed by atoms with Crippen LogP contribution >= 0.6 is 0 Å². The number of methoxy groups -OCH3 is 2. The highest BCUT2D eigenvalue weighted by molar-refractivity contribution is 5.87. The molecule has 0 unspecified atom stereocenters. The molecule has 4 atom stereocenters. The van der Waals surface area contributed by atoms with E-state index in [4.69, 9.17) is 19.4 Å². The summed E-state index contributed by atoms with van der Waals surface area (Å²) < 4.78 is 9.60. The van der Waals surface area contributed by atoms with Crippen molar-refractivity contribution in [2.24, 2.45) is 11.8 Å². The first kappa shape index (κ1) is 40.3. The number of aromatic nitrogens is 4. The van der Waals surface area contributed by atoms with Crippen LogP contribution in [0.3, 0.4) is 0 Å². The summed E-state index contributed by atoms with van der Waals surface area (Å²) in [5.41, 5.74) is 4.74. The zero-order valence-electron chi connectivity index (χ0n) is 34.4. The van der Waals surface area contributed by atoms with Gasteiger partial charge in [-0.1, -0.05) is 52.0 Å². The number of aromatic amines is 2. The Hall–Kier alpha value is -4.88. The lowest BCUT2D eigenvalue weighted by atomic mass is 9.51. The van der Waals surface area contributed by atoms with Crippen molar-refractivity contribution in [1.82, 2.24) is 40.4 Å². The molecule has 308 valence electrons. The molecule has 3 saturated carbocycles.